The molecule has 0 saturated carbocycles. The number of nitrogens with one attached hydrogen (secondary N) is 2. The highest BCUT2D eigenvalue weighted by atomic mass is 16.2. The lowest BCUT2D eigenvalue weighted by Gasteiger charge is -2.35. The summed E-state index contributed by atoms with van der Waals surface area (Å²) >= 11 is 0. The Kier molecular flexibility index (Phi) is 5.88. The number of amides is 3. The zero-order chi connectivity index (χ0) is 20.1. The van der Waals surface area contributed by atoms with Gasteiger partial charge in [-0.3, -0.25) is 19.4 Å². The van der Waals surface area contributed by atoms with Gasteiger partial charge in [0, 0.05) is 57.6 Å². The van der Waals surface area contributed by atoms with Crippen LogP contribution in [0.5, 0.6) is 0 Å². The zero-order valence-corrected chi connectivity index (χ0v) is 15.9. The van der Waals surface area contributed by atoms with Crippen molar-refractivity contribution < 1.29 is 14.4 Å². The molecule has 2 N–H and O–H groups in total. The Balaban J connectivity index is 1.68. The molecule has 0 atom stereocenters. The van der Waals surface area contributed by atoms with Crippen LogP contribution in [0, 0.1) is 0 Å². The van der Waals surface area contributed by atoms with Crippen LogP contribution < -0.4 is 15.5 Å². The highest BCUT2D eigenvalue weighted by Crippen LogP contribution is 2.19. The van der Waals surface area contributed by atoms with E-state index in [1.54, 1.807) is 43.5 Å². The van der Waals surface area contributed by atoms with Crippen molar-refractivity contribution in [1.82, 2.24) is 9.88 Å². The largest absolute Gasteiger partial charge is 0.367 e. The molecular weight excluding hydrogens is 358 g/mol. The quantitative estimate of drug-likeness (QED) is 0.844. The second kappa shape index (κ2) is 8.51. The van der Waals surface area contributed by atoms with Gasteiger partial charge in [-0.1, -0.05) is 6.07 Å². The molecule has 3 amide bonds. The molecule has 1 aliphatic rings. The molecule has 1 aromatic carbocycles. The minimum Gasteiger partial charge on any atom is -0.367 e. The summed E-state index contributed by atoms with van der Waals surface area (Å²) in [5, 5.41) is 5.51. The fraction of sp³-hybridized carbons (Fsp3) is 0.300. The van der Waals surface area contributed by atoms with Crippen molar-refractivity contribution in [3.63, 3.8) is 0 Å². The molecule has 2 aromatic rings. The molecule has 0 unspecified atom stereocenters. The number of benzene rings is 1. The van der Waals surface area contributed by atoms with E-state index in [4.69, 9.17) is 0 Å². The molecule has 3 rings (SSSR count). The fourth-order valence-corrected chi connectivity index (χ4v) is 3.09. The van der Waals surface area contributed by atoms with Gasteiger partial charge in [-0.15, -0.1) is 0 Å². The van der Waals surface area contributed by atoms with Crippen LogP contribution in [-0.2, 0) is 9.59 Å². The average molecular weight is 381 g/mol. The second-order valence-electron chi connectivity index (χ2n) is 6.64. The first-order chi connectivity index (χ1) is 13.4. The normalized spacial score (nSPS) is 13.8. The summed E-state index contributed by atoms with van der Waals surface area (Å²) in [5.74, 6) is -0.380. The Labute approximate surface area is 163 Å². The third-order valence-electron chi connectivity index (χ3n) is 4.52. The number of pyridine rings is 1. The maximum Gasteiger partial charge on any atom is 0.257 e. The van der Waals surface area contributed by atoms with Gasteiger partial charge in [-0.05, 0) is 24.3 Å². The summed E-state index contributed by atoms with van der Waals surface area (Å²) in [5.41, 5.74) is 2.48. The first kappa shape index (κ1) is 19.3. The summed E-state index contributed by atoms with van der Waals surface area (Å²) in [7, 11) is 0. The van der Waals surface area contributed by atoms with Crippen LogP contribution in [0.1, 0.15) is 24.2 Å². The van der Waals surface area contributed by atoms with Crippen molar-refractivity contribution in [2.75, 3.05) is 41.7 Å². The molecule has 146 valence electrons. The summed E-state index contributed by atoms with van der Waals surface area (Å²) < 4.78 is 0. The van der Waals surface area contributed by atoms with Crippen LogP contribution in [0.2, 0.25) is 0 Å². The summed E-state index contributed by atoms with van der Waals surface area (Å²) in [6, 6.07) is 8.74. The smallest absolute Gasteiger partial charge is 0.257 e. The maximum atomic E-state index is 12.6. The number of aromatic nitrogens is 1. The third-order valence-corrected chi connectivity index (χ3v) is 4.52. The van der Waals surface area contributed by atoms with Crippen molar-refractivity contribution in [2.24, 2.45) is 0 Å². The minimum absolute atomic E-state index is 0.0763. The zero-order valence-electron chi connectivity index (χ0n) is 15.9. The molecule has 2 heterocycles. The van der Waals surface area contributed by atoms with Crippen molar-refractivity contribution in [3.05, 3.63) is 48.3 Å². The Morgan fingerprint density at radius 1 is 0.929 bits per heavy atom. The van der Waals surface area contributed by atoms with Gasteiger partial charge in [-0.2, -0.15) is 0 Å². The first-order valence-corrected chi connectivity index (χ1v) is 9.07. The number of nitrogens with zero attached hydrogens (tertiary/aromatic N) is 3. The lowest BCUT2D eigenvalue weighted by Crippen LogP contribution is -2.48. The molecule has 0 spiro atoms. The van der Waals surface area contributed by atoms with E-state index in [0.717, 1.165) is 5.69 Å². The summed E-state index contributed by atoms with van der Waals surface area (Å²) in [6.45, 7) is 5.71. The Hall–Kier alpha value is -3.42. The summed E-state index contributed by atoms with van der Waals surface area (Å²) in [6.07, 6.45) is 3.24. The predicted octanol–water partition coefficient (Wildman–Crippen LogP) is 1.96. The van der Waals surface area contributed by atoms with Gasteiger partial charge in [-0.25, -0.2) is 0 Å². The molecule has 8 nitrogen and oxygen atoms in total. The lowest BCUT2D eigenvalue weighted by atomic mass is 10.2. The fourth-order valence-electron chi connectivity index (χ4n) is 3.09. The molecule has 28 heavy (non-hydrogen) atoms. The van der Waals surface area contributed by atoms with Crippen LogP contribution in [0.25, 0.3) is 0 Å². The van der Waals surface area contributed by atoms with Crippen LogP contribution in [-0.4, -0.2) is 53.8 Å². The van der Waals surface area contributed by atoms with Crippen LogP contribution in [0.3, 0.4) is 0 Å². The number of carbonyl (C=O) groups excluding carboxylic acids is 3. The molecule has 1 saturated heterocycles. The number of carbonyl (C=O) groups is 3. The molecule has 0 bridgehead atoms. The van der Waals surface area contributed by atoms with Gasteiger partial charge >= 0.3 is 0 Å². The van der Waals surface area contributed by atoms with E-state index >= 15 is 0 Å². The van der Waals surface area contributed by atoms with E-state index in [1.165, 1.54) is 13.1 Å². The van der Waals surface area contributed by atoms with Gasteiger partial charge in [0.2, 0.25) is 11.8 Å². The van der Waals surface area contributed by atoms with Crippen LogP contribution in [0.4, 0.5) is 17.1 Å². The highest BCUT2D eigenvalue weighted by molar-refractivity contribution is 6.05. The Bertz CT molecular complexity index is 891. The van der Waals surface area contributed by atoms with Gasteiger partial charge in [0.15, 0.2) is 0 Å². The highest BCUT2D eigenvalue weighted by Gasteiger charge is 2.20. The van der Waals surface area contributed by atoms with E-state index in [0.29, 0.717) is 43.1 Å². The first-order valence-electron chi connectivity index (χ1n) is 9.07. The Morgan fingerprint density at radius 3 is 2.25 bits per heavy atom. The molecular formula is C20H23N5O3. The molecule has 1 aliphatic heterocycles. The topological polar surface area (TPSA) is 94.6 Å². The number of anilines is 3. The SMILES string of the molecule is CC(=O)Nc1cccc(NC(=O)c2cncc(N3CCN(C(C)=O)CC3)c2)c1. The number of rotatable bonds is 4. The van der Waals surface area contributed by atoms with Crippen molar-refractivity contribution in [3.8, 4) is 0 Å². The average Bonchev–Trinajstić information content (AvgIpc) is 2.68. The molecule has 0 radical (unpaired) electrons. The predicted molar refractivity (Wildman–Crippen MR) is 107 cm³/mol. The lowest BCUT2D eigenvalue weighted by molar-refractivity contribution is -0.129. The van der Waals surface area contributed by atoms with E-state index in [2.05, 4.69) is 20.5 Å². The number of hydrogen-bond acceptors (Lipinski definition) is 5. The van der Waals surface area contributed by atoms with Gasteiger partial charge in [0.25, 0.3) is 5.91 Å². The third kappa shape index (κ3) is 4.85. The summed E-state index contributed by atoms with van der Waals surface area (Å²) in [4.78, 5) is 43.4. The van der Waals surface area contributed by atoms with Crippen molar-refractivity contribution in [2.45, 2.75) is 13.8 Å². The van der Waals surface area contributed by atoms with Crippen molar-refractivity contribution in [1.29, 1.82) is 0 Å². The van der Waals surface area contributed by atoms with E-state index in [-0.39, 0.29) is 17.7 Å². The van der Waals surface area contributed by atoms with E-state index in [1.807, 2.05) is 4.90 Å². The Morgan fingerprint density at radius 2 is 1.61 bits per heavy atom. The van der Waals surface area contributed by atoms with Gasteiger partial charge < -0.3 is 20.4 Å². The number of hydrogen-bond donors (Lipinski definition) is 2. The van der Waals surface area contributed by atoms with E-state index in [9.17, 15) is 14.4 Å². The molecule has 8 heteroatoms. The molecule has 0 aliphatic carbocycles. The maximum absolute atomic E-state index is 12.6. The minimum atomic E-state index is -0.281. The number of piperazine rings is 1. The van der Waals surface area contributed by atoms with Crippen LogP contribution >= 0.6 is 0 Å². The van der Waals surface area contributed by atoms with Gasteiger partial charge in [0.1, 0.15) is 0 Å². The second-order valence-corrected chi connectivity index (χ2v) is 6.64. The monoisotopic (exact) mass is 381 g/mol. The van der Waals surface area contributed by atoms with Crippen LogP contribution in [0.15, 0.2) is 42.7 Å². The molecule has 1 fully saturated rings. The standard InChI is InChI=1S/C20H23N5O3/c1-14(26)22-17-4-3-5-18(11-17)23-20(28)16-10-19(13-21-12-16)25-8-6-24(7-9-25)15(2)27/h3-5,10-13H,6-9H2,1-2H3,(H,22,26)(H,23,28). The molecule has 1 aromatic heterocycles. The van der Waals surface area contributed by atoms with E-state index < -0.39 is 0 Å². The van der Waals surface area contributed by atoms with Gasteiger partial charge in [0.05, 0.1) is 17.4 Å². The van der Waals surface area contributed by atoms with Crippen molar-refractivity contribution >= 4 is 34.8 Å².